The Bertz CT molecular complexity index is 1050. The van der Waals surface area contributed by atoms with Gasteiger partial charge in [0.25, 0.3) is 0 Å². The van der Waals surface area contributed by atoms with E-state index in [0.717, 1.165) is 16.8 Å². The fourth-order valence-electron chi connectivity index (χ4n) is 3.04. The summed E-state index contributed by atoms with van der Waals surface area (Å²) in [6, 6.07) is 21.4. The van der Waals surface area contributed by atoms with Crippen LogP contribution in [0.4, 0.5) is 5.82 Å². The number of carbonyl (C=O) groups excluding carboxylic acids is 1. The van der Waals surface area contributed by atoms with Crippen LogP contribution in [0, 0.1) is 11.3 Å². The molecule has 146 valence electrons. The largest absolute Gasteiger partial charge is 0.382 e. The molecule has 0 unspecified atom stereocenters. The molecule has 0 radical (unpaired) electrons. The first-order valence-electron chi connectivity index (χ1n) is 9.44. The summed E-state index contributed by atoms with van der Waals surface area (Å²) in [6.45, 7) is 2.40. The lowest BCUT2D eigenvalue weighted by Gasteiger charge is -2.04. The number of nitrogens with two attached hydrogens (primary N) is 1. The Balaban J connectivity index is 1.58. The number of benzene rings is 2. The quantitative estimate of drug-likeness (QED) is 0.481. The van der Waals surface area contributed by atoms with Crippen LogP contribution >= 0.6 is 0 Å². The second-order valence-corrected chi connectivity index (χ2v) is 6.65. The summed E-state index contributed by atoms with van der Waals surface area (Å²) in [7, 11) is 0. The van der Waals surface area contributed by atoms with Gasteiger partial charge in [-0.05, 0) is 43.0 Å². The SMILES string of the molecule is CC(=CC(=O)NCCCc1nn(-c2ccccc2)c(N)c1C#N)c1ccccc1. The number of allylic oxidation sites excluding steroid dienone is 1. The van der Waals surface area contributed by atoms with Gasteiger partial charge in [-0.2, -0.15) is 10.4 Å². The first-order valence-corrected chi connectivity index (χ1v) is 9.44. The maximum atomic E-state index is 12.1. The molecule has 0 aliphatic rings. The van der Waals surface area contributed by atoms with Crippen LogP contribution in [-0.4, -0.2) is 22.2 Å². The predicted molar refractivity (Wildman–Crippen MR) is 114 cm³/mol. The number of hydrogen-bond donors (Lipinski definition) is 2. The van der Waals surface area contributed by atoms with E-state index in [1.165, 1.54) is 0 Å². The molecule has 0 bridgehead atoms. The summed E-state index contributed by atoms with van der Waals surface area (Å²) in [4.78, 5) is 12.1. The van der Waals surface area contributed by atoms with E-state index in [1.807, 2.05) is 67.6 Å². The highest BCUT2D eigenvalue weighted by Crippen LogP contribution is 2.21. The molecular weight excluding hydrogens is 362 g/mol. The number of aryl methyl sites for hydroxylation is 1. The van der Waals surface area contributed by atoms with Crippen molar-refractivity contribution in [3.05, 3.63) is 83.6 Å². The number of nitrogens with zero attached hydrogens (tertiary/aromatic N) is 3. The summed E-state index contributed by atoms with van der Waals surface area (Å²) in [5, 5.41) is 16.8. The molecule has 3 rings (SSSR count). The molecule has 3 N–H and O–H groups in total. The van der Waals surface area contributed by atoms with E-state index in [-0.39, 0.29) is 5.91 Å². The number of hydrogen-bond acceptors (Lipinski definition) is 4. The van der Waals surface area contributed by atoms with Crippen LogP contribution in [-0.2, 0) is 11.2 Å². The molecule has 0 saturated carbocycles. The van der Waals surface area contributed by atoms with E-state index in [4.69, 9.17) is 5.73 Å². The Labute approximate surface area is 170 Å². The highest BCUT2D eigenvalue weighted by molar-refractivity contribution is 5.94. The number of carbonyl (C=O) groups is 1. The molecule has 0 saturated heterocycles. The molecule has 0 atom stereocenters. The predicted octanol–water partition coefficient (Wildman–Crippen LogP) is 3.48. The van der Waals surface area contributed by atoms with Crippen LogP contribution in [0.15, 0.2) is 66.7 Å². The summed E-state index contributed by atoms with van der Waals surface area (Å²) in [6.07, 6.45) is 2.80. The van der Waals surface area contributed by atoms with E-state index in [2.05, 4.69) is 16.5 Å². The van der Waals surface area contributed by atoms with E-state index >= 15 is 0 Å². The monoisotopic (exact) mass is 385 g/mol. The van der Waals surface area contributed by atoms with Gasteiger partial charge in [0.05, 0.1) is 11.4 Å². The molecule has 0 aliphatic heterocycles. The van der Waals surface area contributed by atoms with E-state index in [0.29, 0.717) is 36.5 Å². The molecule has 29 heavy (non-hydrogen) atoms. The number of anilines is 1. The number of nitriles is 1. The standard InChI is InChI=1S/C23H23N5O/c1-17(18-9-4-2-5-10-18)15-22(29)26-14-8-13-21-20(16-24)23(25)28(27-21)19-11-6-3-7-12-19/h2-7,9-12,15H,8,13-14,25H2,1H3,(H,26,29). The number of nitrogens with one attached hydrogen (secondary N) is 1. The zero-order valence-electron chi connectivity index (χ0n) is 16.3. The van der Waals surface area contributed by atoms with Gasteiger partial charge in [-0.3, -0.25) is 4.79 Å². The molecule has 1 aromatic heterocycles. The van der Waals surface area contributed by atoms with Crippen molar-refractivity contribution in [3.8, 4) is 11.8 Å². The summed E-state index contributed by atoms with van der Waals surface area (Å²) in [5.41, 5.74) is 9.87. The molecule has 0 fully saturated rings. The van der Waals surface area contributed by atoms with Gasteiger partial charge in [0.1, 0.15) is 17.5 Å². The minimum Gasteiger partial charge on any atom is -0.382 e. The smallest absolute Gasteiger partial charge is 0.244 e. The Kier molecular flexibility index (Phi) is 6.43. The van der Waals surface area contributed by atoms with Crippen molar-refractivity contribution in [2.45, 2.75) is 19.8 Å². The highest BCUT2D eigenvalue weighted by atomic mass is 16.1. The number of para-hydroxylation sites is 1. The van der Waals surface area contributed by atoms with Crippen LogP contribution in [0.2, 0.25) is 0 Å². The Morgan fingerprint density at radius 1 is 1.17 bits per heavy atom. The van der Waals surface area contributed by atoms with Gasteiger partial charge in [-0.1, -0.05) is 48.5 Å². The van der Waals surface area contributed by atoms with Gasteiger partial charge in [0.2, 0.25) is 5.91 Å². The number of amides is 1. The molecule has 1 amide bonds. The van der Waals surface area contributed by atoms with Crippen molar-refractivity contribution in [1.82, 2.24) is 15.1 Å². The van der Waals surface area contributed by atoms with E-state index in [9.17, 15) is 10.1 Å². The molecule has 2 aromatic carbocycles. The third kappa shape index (κ3) is 4.90. The normalized spacial score (nSPS) is 11.1. The summed E-state index contributed by atoms with van der Waals surface area (Å²) >= 11 is 0. The Morgan fingerprint density at radius 2 is 1.83 bits per heavy atom. The molecule has 3 aromatic rings. The maximum absolute atomic E-state index is 12.1. The van der Waals surface area contributed by atoms with Crippen molar-refractivity contribution in [3.63, 3.8) is 0 Å². The van der Waals surface area contributed by atoms with Crippen LogP contribution < -0.4 is 11.1 Å². The van der Waals surface area contributed by atoms with Crippen LogP contribution in [0.5, 0.6) is 0 Å². The minimum absolute atomic E-state index is 0.138. The second kappa shape index (κ2) is 9.38. The fourth-order valence-corrected chi connectivity index (χ4v) is 3.04. The molecule has 6 nitrogen and oxygen atoms in total. The lowest BCUT2D eigenvalue weighted by molar-refractivity contribution is -0.116. The first-order chi connectivity index (χ1) is 14.1. The van der Waals surface area contributed by atoms with Crippen LogP contribution in [0.3, 0.4) is 0 Å². The van der Waals surface area contributed by atoms with Gasteiger partial charge < -0.3 is 11.1 Å². The lowest BCUT2D eigenvalue weighted by Crippen LogP contribution is -2.23. The van der Waals surface area contributed by atoms with E-state index in [1.54, 1.807) is 10.8 Å². The Morgan fingerprint density at radius 3 is 2.48 bits per heavy atom. The zero-order valence-corrected chi connectivity index (χ0v) is 16.3. The molecule has 0 spiro atoms. The van der Waals surface area contributed by atoms with Gasteiger partial charge in [-0.25, -0.2) is 4.68 Å². The molecule has 1 heterocycles. The average Bonchev–Trinajstić information content (AvgIpc) is 3.07. The zero-order chi connectivity index (χ0) is 20.6. The third-order valence-electron chi connectivity index (χ3n) is 4.57. The number of rotatable bonds is 7. The van der Waals surface area contributed by atoms with Gasteiger partial charge in [-0.15, -0.1) is 0 Å². The molecule has 0 aliphatic carbocycles. The minimum atomic E-state index is -0.138. The highest BCUT2D eigenvalue weighted by Gasteiger charge is 2.16. The van der Waals surface area contributed by atoms with Crippen molar-refractivity contribution >= 4 is 17.3 Å². The van der Waals surface area contributed by atoms with Crippen molar-refractivity contribution < 1.29 is 4.79 Å². The Hall–Kier alpha value is -3.85. The van der Waals surface area contributed by atoms with Gasteiger partial charge in [0, 0.05) is 12.6 Å². The molecular formula is C23H23N5O. The fraction of sp³-hybridized carbons (Fsp3) is 0.174. The molecule has 6 heteroatoms. The topological polar surface area (TPSA) is 96.7 Å². The summed E-state index contributed by atoms with van der Waals surface area (Å²) in [5.74, 6) is 0.195. The first kappa shape index (κ1) is 19.9. The number of aromatic nitrogens is 2. The van der Waals surface area contributed by atoms with E-state index < -0.39 is 0 Å². The summed E-state index contributed by atoms with van der Waals surface area (Å²) < 4.78 is 1.58. The van der Waals surface area contributed by atoms with Gasteiger partial charge >= 0.3 is 0 Å². The van der Waals surface area contributed by atoms with Crippen LogP contribution in [0.25, 0.3) is 11.3 Å². The van der Waals surface area contributed by atoms with Crippen LogP contribution in [0.1, 0.15) is 30.2 Å². The average molecular weight is 385 g/mol. The van der Waals surface area contributed by atoms with Crippen molar-refractivity contribution in [1.29, 1.82) is 5.26 Å². The lowest BCUT2D eigenvalue weighted by atomic mass is 10.1. The number of nitrogen functional groups attached to an aromatic ring is 1. The maximum Gasteiger partial charge on any atom is 0.244 e. The van der Waals surface area contributed by atoms with Gasteiger partial charge in [0.15, 0.2) is 0 Å². The third-order valence-corrected chi connectivity index (χ3v) is 4.57. The second-order valence-electron chi connectivity index (χ2n) is 6.65. The van der Waals surface area contributed by atoms with Crippen molar-refractivity contribution in [2.24, 2.45) is 0 Å². The van der Waals surface area contributed by atoms with Crippen molar-refractivity contribution in [2.75, 3.05) is 12.3 Å².